The first-order valence-electron chi connectivity index (χ1n) is 10.1. The van der Waals surface area contributed by atoms with Crippen LogP contribution in [0.3, 0.4) is 0 Å². The molecule has 1 atom stereocenters. The van der Waals surface area contributed by atoms with Crippen LogP contribution < -0.4 is 0 Å². The minimum Gasteiger partial charge on any atom is -0.293 e. The summed E-state index contributed by atoms with van der Waals surface area (Å²) in [7, 11) is 0. The number of ketones is 3. The Labute approximate surface area is 175 Å². The Bertz CT molecular complexity index is 1260. The molecule has 3 heteroatoms. The number of hydrogen-bond acceptors (Lipinski definition) is 3. The Morgan fingerprint density at radius 2 is 1.27 bits per heavy atom. The van der Waals surface area contributed by atoms with E-state index in [0.717, 1.165) is 27.1 Å². The van der Waals surface area contributed by atoms with Crippen LogP contribution in [0.4, 0.5) is 0 Å². The summed E-state index contributed by atoms with van der Waals surface area (Å²) in [5.41, 5.74) is 1.53. The molecule has 148 valence electrons. The fourth-order valence-electron chi connectivity index (χ4n) is 4.06. The van der Waals surface area contributed by atoms with Gasteiger partial charge in [-0.3, -0.25) is 14.4 Å². The van der Waals surface area contributed by atoms with Crippen molar-refractivity contribution in [3.05, 3.63) is 96.1 Å². The van der Waals surface area contributed by atoms with E-state index in [-0.39, 0.29) is 12.2 Å². The second kappa shape index (κ2) is 8.42. The molecule has 30 heavy (non-hydrogen) atoms. The number of carbonyl (C=O) groups is 3. The molecule has 1 unspecified atom stereocenters. The van der Waals surface area contributed by atoms with Crippen molar-refractivity contribution in [2.75, 3.05) is 0 Å². The minimum absolute atomic E-state index is 0.0282. The molecule has 0 bridgehead atoms. The number of hydrogen-bond donors (Lipinski definition) is 0. The molecule has 0 radical (unpaired) electrons. The van der Waals surface area contributed by atoms with Crippen LogP contribution in [0, 0.1) is 0 Å². The molecule has 0 aromatic heterocycles. The third kappa shape index (κ3) is 3.79. The summed E-state index contributed by atoms with van der Waals surface area (Å²) >= 11 is 0. The number of benzene rings is 4. The summed E-state index contributed by atoms with van der Waals surface area (Å²) in [6.07, 6.45) is 0.355. The summed E-state index contributed by atoms with van der Waals surface area (Å²) in [6, 6.07) is 27.3. The van der Waals surface area contributed by atoms with Crippen LogP contribution in [0.5, 0.6) is 0 Å². The van der Waals surface area contributed by atoms with Crippen LogP contribution in [0.25, 0.3) is 21.5 Å². The van der Waals surface area contributed by atoms with Gasteiger partial charge in [0.25, 0.3) is 0 Å². The van der Waals surface area contributed by atoms with E-state index in [2.05, 4.69) is 0 Å². The van der Waals surface area contributed by atoms with Gasteiger partial charge in [0.2, 0.25) is 0 Å². The first-order valence-corrected chi connectivity index (χ1v) is 10.1. The van der Waals surface area contributed by atoms with Crippen molar-refractivity contribution < 1.29 is 14.4 Å². The van der Waals surface area contributed by atoms with Crippen LogP contribution in [-0.2, 0) is 9.59 Å². The Kier molecular flexibility index (Phi) is 5.53. The summed E-state index contributed by atoms with van der Waals surface area (Å²) in [6.45, 7) is 1.28. The van der Waals surface area contributed by atoms with Crippen molar-refractivity contribution in [2.45, 2.75) is 25.7 Å². The zero-order valence-corrected chi connectivity index (χ0v) is 16.8. The van der Waals surface area contributed by atoms with Gasteiger partial charge in [0.15, 0.2) is 17.3 Å². The number of rotatable bonds is 7. The zero-order valence-electron chi connectivity index (χ0n) is 16.8. The van der Waals surface area contributed by atoms with Crippen LogP contribution in [0.15, 0.2) is 84.9 Å². The fraction of sp³-hybridized carbons (Fsp3) is 0.148. The Morgan fingerprint density at radius 1 is 0.700 bits per heavy atom. The third-order valence-corrected chi connectivity index (χ3v) is 5.62. The monoisotopic (exact) mass is 394 g/mol. The van der Waals surface area contributed by atoms with Crippen molar-refractivity contribution >= 4 is 38.9 Å². The topological polar surface area (TPSA) is 51.2 Å². The number of carbonyl (C=O) groups excluding carboxylic acids is 3. The van der Waals surface area contributed by atoms with Crippen LogP contribution in [0.2, 0.25) is 0 Å². The molecule has 0 aliphatic carbocycles. The van der Waals surface area contributed by atoms with Crippen LogP contribution in [-0.4, -0.2) is 17.3 Å². The van der Waals surface area contributed by atoms with Gasteiger partial charge in [0.1, 0.15) is 0 Å². The SMILES string of the molecule is CC(=O)C(=O)CCC(C(=O)c1cccc2ccccc12)c1cccc2ccccc12. The van der Waals surface area contributed by atoms with Crippen molar-refractivity contribution in [3.63, 3.8) is 0 Å². The predicted molar refractivity (Wildman–Crippen MR) is 120 cm³/mol. The highest BCUT2D eigenvalue weighted by Gasteiger charge is 2.26. The molecular weight excluding hydrogens is 372 g/mol. The highest BCUT2D eigenvalue weighted by atomic mass is 16.2. The Morgan fingerprint density at radius 3 is 1.97 bits per heavy atom. The third-order valence-electron chi connectivity index (χ3n) is 5.62. The predicted octanol–water partition coefficient (Wildman–Crippen LogP) is 5.90. The summed E-state index contributed by atoms with van der Waals surface area (Å²) in [4.78, 5) is 37.3. The van der Waals surface area contributed by atoms with Gasteiger partial charge in [-0.05, 0) is 33.5 Å². The Balaban J connectivity index is 1.83. The smallest absolute Gasteiger partial charge is 0.198 e. The standard InChI is InChI=1S/C27H22O3/c1-18(28)26(29)17-16-25(23-14-6-10-19-8-2-4-12-21(19)23)27(30)24-15-7-11-20-9-3-5-13-22(20)24/h2-15,25H,16-17H2,1H3. The molecule has 0 saturated carbocycles. The highest BCUT2D eigenvalue weighted by molar-refractivity contribution is 6.36. The summed E-state index contributed by atoms with van der Waals surface area (Å²) in [5.74, 6) is -1.44. The van der Waals surface area contributed by atoms with E-state index in [0.29, 0.717) is 12.0 Å². The quantitative estimate of drug-likeness (QED) is 0.290. The van der Waals surface area contributed by atoms with E-state index >= 15 is 0 Å². The molecular formula is C27H22O3. The maximum atomic E-state index is 13.8. The average molecular weight is 394 g/mol. The molecule has 0 aliphatic rings. The largest absolute Gasteiger partial charge is 0.293 e. The molecule has 0 spiro atoms. The second-order valence-electron chi connectivity index (χ2n) is 7.53. The molecule has 0 aliphatic heterocycles. The molecule has 0 amide bonds. The van der Waals surface area contributed by atoms with Gasteiger partial charge in [-0.25, -0.2) is 0 Å². The van der Waals surface area contributed by atoms with Crippen molar-refractivity contribution in [1.29, 1.82) is 0 Å². The first kappa shape index (κ1) is 19.7. The molecule has 0 fully saturated rings. The summed E-state index contributed by atoms with van der Waals surface area (Å²) in [5, 5.41) is 3.94. The molecule has 0 N–H and O–H groups in total. The van der Waals surface area contributed by atoms with Gasteiger partial charge in [-0.1, -0.05) is 84.9 Å². The van der Waals surface area contributed by atoms with Gasteiger partial charge in [0.05, 0.1) is 0 Å². The van der Waals surface area contributed by atoms with E-state index in [1.54, 1.807) is 0 Å². The van der Waals surface area contributed by atoms with Crippen molar-refractivity contribution in [2.24, 2.45) is 0 Å². The fourth-order valence-corrected chi connectivity index (χ4v) is 4.06. The molecule has 4 aromatic rings. The average Bonchev–Trinajstić information content (AvgIpc) is 2.78. The molecule has 4 rings (SSSR count). The normalized spacial score (nSPS) is 12.0. The van der Waals surface area contributed by atoms with Gasteiger partial charge >= 0.3 is 0 Å². The lowest BCUT2D eigenvalue weighted by molar-refractivity contribution is -0.135. The van der Waals surface area contributed by atoms with Crippen LogP contribution >= 0.6 is 0 Å². The molecule has 4 aromatic carbocycles. The number of Topliss-reactive ketones (excluding diaryl/α,β-unsaturated/α-hetero) is 3. The molecule has 0 saturated heterocycles. The second-order valence-corrected chi connectivity index (χ2v) is 7.53. The highest BCUT2D eigenvalue weighted by Crippen LogP contribution is 2.33. The van der Waals surface area contributed by atoms with Crippen molar-refractivity contribution in [3.8, 4) is 0 Å². The van der Waals surface area contributed by atoms with E-state index in [1.165, 1.54) is 6.92 Å². The first-order chi connectivity index (χ1) is 14.6. The van der Waals surface area contributed by atoms with Gasteiger partial charge in [-0.2, -0.15) is 0 Å². The van der Waals surface area contributed by atoms with E-state index in [4.69, 9.17) is 0 Å². The van der Waals surface area contributed by atoms with Gasteiger partial charge < -0.3 is 0 Å². The van der Waals surface area contributed by atoms with Gasteiger partial charge in [-0.15, -0.1) is 0 Å². The van der Waals surface area contributed by atoms with Crippen LogP contribution in [0.1, 0.15) is 41.6 Å². The van der Waals surface area contributed by atoms with Crippen molar-refractivity contribution in [1.82, 2.24) is 0 Å². The maximum Gasteiger partial charge on any atom is 0.198 e. The lowest BCUT2D eigenvalue weighted by Crippen LogP contribution is -2.17. The lowest BCUT2D eigenvalue weighted by Gasteiger charge is -2.19. The Hall–Kier alpha value is -3.59. The zero-order chi connectivity index (χ0) is 21.1. The molecule has 3 nitrogen and oxygen atoms in total. The molecule has 0 heterocycles. The minimum atomic E-state index is -0.509. The lowest BCUT2D eigenvalue weighted by atomic mass is 9.82. The van der Waals surface area contributed by atoms with E-state index in [9.17, 15) is 14.4 Å². The van der Waals surface area contributed by atoms with E-state index < -0.39 is 17.5 Å². The number of fused-ring (bicyclic) bond motifs is 2. The van der Waals surface area contributed by atoms with E-state index in [1.807, 2.05) is 84.9 Å². The maximum absolute atomic E-state index is 13.8. The van der Waals surface area contributed by atoms with Gasteiger partial charge in [0, 0.05) is 24.8 Å². The summed E-state index contributed by atoms with van der Waals surface area (Å²) < 4.78 is 0.